The van der Waals surface area contributed by atoms with Crippen LogP contribution in [-0.2, 0) is 0 Å². The lowest BCUT2D eigenvalue weighted by molar-refractivity contribution is 0.369. The van der Waals surface area contributed by atoms with Crippen molar-refractivity contribution in [1.29, 1.82) is 0 Å². The van der Waals surface area contributed by atoms with Crippen LogP contribution in [0.25, 0.3) is 0 Å². The second-order valence-corrected chi connectivity index (χ2v) is 2.75. The molecule has 0 aliphatic rings. The van der Waals surface area contributed by atoms with Gasteiger partial charge in [0.15, 0.2) is 5.82 Å². The Bertz CT molecular complexity index is 275. The summed E-state index contributed by atoms with van der Waals surface area (Å²) in [6.45, 7) is 3.88. The predicted octanol–water partition coefficient (Wildman–Crippen LogP) is 0.0187. The first-order valence-corrected chi connectivity index (χ1v) is 3.42. The largest absolute Gasteiger partial charge is 0.438 e. The van der Waals surface area contributed by atoms with Gasteiger partial charge in [0.1, 0.15) is 0 Å². The second kappa shape index (κ2) is 2.87. The lowest BCUT2D eigenvalue weighted by atomic mass is 10.1. The molecular weight excluding hydrogens is 146 g/mol. The average Bonchev–Trinajstić information content (AvgIpc) is 2.34. The zero-order valence-electron chi connectivity index (χ0n) is 6.50. The van der Waals surface area contributed by atoms with E-state index in [2.05, 4.69) is 14.7 Å². The molecule has 0 bridgehead atoms. The van der Waals surface area contributed by atoms with Gasteiger partial charge in [-0.3, -0.25) is 9.51 Å². The van der Waals surface area contributed by atoms with E-state index in [1.807, 2.05) is 13.8 Å². The summed E-state index contributed by atoms with van der Waals surface area (Å²) in [6.07, 6.45) is 0. The number of nitrogens with two attached hydrogens (primary N) is 1. The summed E-state index contributed by atoms with van der Waals surface area (Å²) in [7, 11) is 0. The third-order valence-corrected chi connectivity index (χ3v) is 1.49. The highest BCUT2D eigenvalue weighted by molar-refractivity contribution is 4.89. The Balaban J connectivity index is 2.84. The molecule has 5 nitrogen and oxygen atoms in total. The van der Waals surface area contributed by atoms with Gasteiger partial charge in [-0.2, -0.15) is 0 Å². The van der Waals surface area contributed by atoms with Gasteiger partial charge in [0.05, 0.1) is 6.04 Å². The first kappa shape index (κ1) is 8.00. The molecule has 1 aromatic rings. The van der Waals surface area contributed by atoms with Gasteiger partial charge in [-0.25, -0.2) is 4.79 Å². The predicted molar refractivity (Wildman–Crippen MR) is 38.9 cm³/mol. The molecule has 0 radical (unpaired) electrons. The average molecular weight is 157 g/mol. The zero-order chi connectivity index (χ0) is 8.43. The zero-order valence-corrected chi connectivity index (χ0v) is 6.50. The van der Waals surface area contributed by atoms with Gasteiger partial charge in [0.25, 0.3) is 0 Å². The van der Waals surface area contributed by atoms with Crippen LogP contribution < -0.4 is 11.5 Å². The van der Waals surface area contributed by atoms with Gasteiger partial charge in [-0.1, -0.05) is 19.0 Å². The molecule has 11 heavy (non-hydrogen) atoms. The molecule has 1 atom stereocenters. The van der Waals surface area contributed by atoms with E-state index in [1.54, 1.807) is 0 Å². The molecule has 1 aromatic heterocycles. The summed E-state index contributed by atoms with van der Waals surface area (Å²) in [5.41, 5.74) is 5.66. The Morgan fingerprint density at radius 2 is 2.27 bits per heavy atom. The number of nitrogens with one attached hydrogen (secondary N) is 1. The molecule has 0 aliphatic carbocycles. The highest BCUT2D eigenvalue weighted by atomic mass is 16.5. The minimum absolute atomic E-state index is 0.232. The fourth-order valence-electron chi connectivity index (χ4n) is 0.701. The summed E-state index contributed by atoms with van der Waals surface area (Å²) in [6, 6.07) is -0.263. The van der Waals surface area contributed by atoms with Gasteiger partial charge in [-0.15, -0.1) is 0 Å². The number of hydrogen-bond donors (Lipinski definition) is 2. The molecule has 0 amide bonds. The monoisotopic (exact) mass is 157 g/mol. The van der Waals surface area contributed by atoms with Gasteiger partial charge in [0, 0.05) is 0 Å². The molecule has 5 heteroatoms. The first-order chi connectivity index (χ1) is 5.11. The number of rotatable bonds is 2. The minimum Gasteiger partial charge on any atom is -0.321 e. The van der Waals surface area contributed by atoms with Crippen molar-refractivity contribution in [1.82, 2.24) is 10.1 Å². The number of hydrogen-bond acceptors (Lipinski definition) is 4. The molecular formula is C6H11N3O2. The van der Waals surface area contributed by atoms with Crippen molar-refractivity contribution in [3.8, 4) is 0 Å². The number of aromatic nitrogens is 2. The minimum atomic E-state index is -0.559. The van der Waals surface area contributed by atoms with Crippen LogP contribution in [-0.4, -0.2) is 10.1 Å². The van der Waals surface area contributed by atoms with Crippen LogP contribution in [0.2, 0.25) is 0 Å². The highest BCUT2D eigenvalue weighted by Gasteiger charge is 2.14. The summed E-state index contributed by atoms with van der Waals surface area (Å²) < 4.78 is 4.29. The summed E-state index contributed by atoms with van der Waals surface area (Å²) in [4.78, 5) is 12.9. The van der Waals surface area contributed by atoms with E-state index in [0.717, 1.165) is 0 Å². The molecule has 1 rings (SSSR count). The fraction of sp³-hybridized carbons (Fsp3) is 0.667. The summed E-state index contributed by atoms with van der Waals surface area (Å²) in [5, 5.41) is 3.47. The van der Waals surface area contributed by atoms with Crippen molar-refractivity contribution in [3.05, 3.63) is 16.4 Å². The number of H-pyrrole nitrogens is 1. The Hall–Kier alpha value is -1.10. The van der Waals surface area contributed by atoms with Crippen LogP contribution in [0.1, 0.15) is 25.7 Å². The quantitative estimate of drug-likeness (QED) is 0.633. The van der Waals surface area contributed by atoms with Crippen molar-refractivity contribution in [2.45, 2.75) is 19.9 Å². The summed E-state index contributed by atoms with van der Waals surface area (Å²) >= 11 is 0. The molecule has 0 fully saturated rings. The van der Waals surface area contributed by atoms with Crippen LogP contribution >= 0.6 is 0 Å². The van der Waals surface area contributed by atoms with Crippen molar-refractivity contribution in [3.63, 3.8) is 0 Å². The maximum Gasteiger partial charge on any atom is 0.438 e. The second-order valence-electron chi connectivity index (χ2n) is 2.75. The van der Waals surface area contributed by atoms with E-state index >= 15 is 0 Å². The molecule has 1 heterocycles. The Morgan fingerprint density at radius 1 is 1.64 bits per heavy atom. The molecule has 62 valence electrons. The standard InChI is InChI=1S/C6H11N3O2/c1-3(2)4(7)5-8-6(10)11-9-5/h3-4H,7H2,1-2H3,(H,8,9,10)/t4-/m0/s1. The Kier molecular flexibility index (Phi) is 2.09. The van der Waals surface area contributed by atoms with Gasteiger partial charge in [0.2, 0.25) is 0 Å². The van der Waals surface area contributed by atoms with Crippen molar-refractivity contribution in [2.75, 3.05) is 0 Å². The third-order valence-electron chi connectivity index (χ3n) is 1.49. The highest BCUT2D eigenvalue weighted by Crippen LogP contribution is 2.12. The van der Waals surface area contributed by atoms with E-state index in [1.165, 1.54) is 0 Å². The molecule has 0 saturated heterocycles. The number of nitrogens with zero attached hydrogens (tertiary/aromatic N) is 1. The van der Waals surface area contributed by atoms with Gasteiger partial charge in [-0.05, 0) is 5.92 Å². The van der Waals surface area contributed by atoms with Crippen LogP contribution in [0.3, 0.4) is 0 Å². The van der Waals surface area contributed by atoms with Crippen molar-refractivity contribution < 1.29 is 4.52 Å². The topological polar surface area (TPSA) is 84.9 Å². The molecule has 0 saturated carbocycles. The Morgan fingerprint density at radius 3 is 2.64 bits per heavy atom. The van der Waals surface area contributed by atoms with Crippen LogP contribution in [0, 0.1) is 5.92 Å². The van der Waals surface area contributed by atoms with Crippen LogP contribution in [0.15, 0.2) is 9.32 Å². The van der Waals surface area contributed by atoms with Crippen molar-refractivity contribution >= 4 is 0 Å². The first-order valence-electron chi connectivity index (χ1n) is 3.42. The SMILES string of the molecule is CC(C)[C@H](N)c1noc(=O)[nH]1. The molecule has 0 aromatic carbocycles. The van der Waals surface area contributed by atoms with E-state index in [0.29, 0.717) is 5.82 Å². The van der Waals surface area contributed by atoms with E-state index < -0.39 is 5.76 Å². The molecule has 3 N–H and O–H groups in total. The van der Waals surface area contributed by atoms with Gasteiger partial charge < -0.3 is 5.73 Å². The smallest absolute Gasteiger partial charge is 0.321 e. The maximum absolute atomic E-state index is 10.5. The van der Waals surface area contributed by atoms with E-state index in [9.17, 15) is 4.79 Å². The maximum atomic E-state index is 10.5. The van der Waals surface area contributed by atoms with Crippen LogP contribution in [0.4, 0.5) is 0 Å². The van der Waals surface area contributed by atoms with E-state index in [4.69, 9.17) is 5.73 Å². The fourth-order valence-corrected chi connectivity index (χ4v) is 0.701. The Labute approximate surface area is 63.6 Å². The van der Waals surface area contributed by atoms with Crippen molar-refractivity contribution in [2.24, 2.45) is 11.7 Å². The lowest BCUT2D eigenvalue weighted by Crippen LogP contribution is -2.18. The molecule has 0 spiro atoms. The third kappa shape index (κ3) is 1.68. The molecule has 0 unspecified atom stereocenters. The van der Waals surface area contributed by atoms with Gasteiger partial charge >= 0.3 is 5.76 Å². The van der Waals surface area contributed by atoms with E-state index in [-0.39, 0.29) is 12.0 Å². The lowest BCUT2D eigenvalue weighted by Gasteiger charge is -2.09. The van der Waals surface area contributed by atoms with Crippen LogP contribution in [0.5, 0.6) is 0 Å². The summed E-state index contributed by atoms with van der Waals surface area (Å²) in [5.74, 6) is 0.0804. The number of aromatic amines is 1. The molecule has 0 aliphatic heterocycles. The normalized spacial score (nSPS) is 13.8.